The Balaban J connectivity index is 1.69. The van der Waals surface area contributed by atoms with Crippen LogP contribution in [0, 0.1) is 5.92 Å². The molecule has 0 saturated carbocycles. The summed E-state index contributed by atoms with van der Waals surface area (Å²) in [7, 11) is -0.302. The van der Waals surface area contributed by atoms with Gasteiger partial charge in [-0.05, 0) is 67.6 Å². The Morgan fingerprint density at radius 3 is 2.11 bits per heavy atom. The van der Waals surface area contributed by atoms with Crippen LogP contribution in [-0.2, 0) is 18.8 Å². The molecule has 0 aliphatic carbocycles. The molecular weight excluding hydrogens is 347 g/mol. The van der Waals surface area contributed by atoms with Gasteiger partial charge in [0.05, 0.1) is 11.2 Å². The van der Waals surface area contributed by atoms with Crippen LogP contribution in [0.4, 0.5) is 4.79 Å². The summed E-state index contributed by atoms with van der Waals surface area (Å²) in [6, 6.07) is 0. The van der Waals surface area contributed by atoms with E-state index in [1.54, 1.807) is 4.90 Å². The minimum Gasteiger partial charge on any atom is -0.444 e. The third-order valence-corrected chi connectivity index (χ3v) is 5.50. The van der Waals surface area contributed by atoms with Crippen LogP contribution in [0.3, 0.4) is 0 Å². The molecule has 2 fully saturated rings. The van der Waals surface area contributed by atoms with Crippen LogP contribution in [0.25, 0.3) is 0 Å². The van der Waals surface area contributed by atoms with Gasteiger partial charge in [0.2, 0.25) is 5.91 Å². The van der Waals surface area contributed by atoms with Gasteiger partial charge >= 0.3 is 13.2 Å². The minimum atomic E-state index is -0.501. The number of hydrogen-bond acceptors (Lipinski definition) is 5. The van der Waals surface area contributed by atoms with E-state index < -0.39 is 5.60 Å². The molecular formula is C19H35BN2O5. The summed E-state index contributed by atoms with van der Waals surface area (Å²) in [5.41, 5.74) is -1.20. The number of carbonyl (C=O) groups is 2. The van der Waals surface area contributed by atoms with Crippen molar-refractivity contribution in [1.29, 1.82) is 0 Å². The molecule has 0 spiro atoms. The maximum absolute atomic E-state index is 12.4. The highest BCUT2D eigenvalue weighted by Crippen LogP contribution is 2.37. The first-order chi connectivity index (χ1) is 12.3. The van der Waals surface area contributed by atoms with Crippen LogP contribution in [0.1, 0.15) is 61.3 Å². The van der Waals surface area contributed by atoms with Crippen molar-refractivity contribution in [2.45, 2.75) is 84.4 Å². The lowest BCUT2D eigenvalue weighted by Crippen LogP contribution is -2.45. The molecule has 2 saturated heterocycles. The first-order valence-corrected chi connectivity index (χ1v) is 9.92. The number of rotatable bonds is 4. The number of ether oxygens (including phenoxy) is 1. The number of hydrogen-bond donors (Lipinski definition) is 1. The molecule has 7 nitrogen and oxygen atoms in total. The lowest BCUT2D eigenvalue weighted by atomic mass is 9.85. The van der Waals surface area contributed by atoms with Gasteiger partial charge in [-0.2, -0.15) is 0 Å². The molecule has 0 aromatic rings. The molecule has 0 unspecified atom stereocenters. The summed E-state index contributed by atoms with van der Waals surface area (Å²) >= 11 is 0. The van der Waals surface area contributed by atoms with E-state index in [2.05, 4.69) is 5.32 Å². The van der Waals surface area contributed by atoms with E-state index in [9.17, 15) is 9.59 Å². The summed E-state index contributed by atoms with van der Waals surface area (Å²) in [4.78, 5) is 26.2. The topological polar surface area (TPSA) is 77.1 Å². The van der Waals surface area contributed by atoms with Crippen LogP contribution in [0.5, 0.6) is 0 Å². The lowest BCUT2D eigenvalue weighted by Gasteiger charge is -2.32. The molecule has 0 aromatic carbocycles. The molecule has 2 heterocycles. The van der Waals surface area contributed by atoms with E-state index in [-0.39, 0.29) is 36.2 Å². The second-order valence-electron chi connectivity index (χ2n) is 9.51. The summed E-state index contributed by atoms with van der Waals surface area (Å²) in [5.74, 6) is -0.0302. The summed E-state index contributed by atoms with van der Waals surface area (Å²) in [6.07, 6.45) is 1.63. The lowest BCUT2D eigenvalue weighted by molar-refractivity contribution is -0.126. The molecule has 27 heavy (non-hydrogen) atoms. The molecule has 1 N–H and O–H groups in total. The quantitative estimate of drug-likeness (QED) is 0.757. The number of likely N-dealkylation sites (tertiary alicyclic amines) is 1. The standard InChI is InChI=1S/C19H35BN2O5/c1-17(2,3)25-16(24)22-12-8-14(9-13-22)15(23)21-11-10-20-26-18(4,5)19(6,7)27-20/h14H,8-13H2,1-7H3,(H,21,23). The second-order valence-corrected chi connectivity index (χ2v) is 9.51. The fourth-order valence-corrected chi connectivity index (χ4v) is 3.19. The number of piperidine rings is 1. The Morgan fingerprint density at radius 2 is 1.63 bits per heavy atom. The molecule has 2 aliphatic rings. The van der Waals surface area contributed by atoms with Crippen LogP contribution in [-0.4, -0.2) is 60.5 Å². The van der Waals surface area contributed by atoms with Gasteiger partial charge in [-0.1, -0.05) is 0 Å². The summed E-state index contributed by atoms with van der Waals surface area (Å²) in [6.45, 7) is 15.2. The first-order valence-electron chi connectivity index (χ1n) is 9.92. The Kier molecular flexibility index (Phi) is 6.52. The van der Waals surface area contributed by atoms with Crippen LogP contribution in [0.2, 0.25) is 6.32 Å². The molecule has 2 amide bonds. The van der Waals surface area contributed by atoms with Gasteiger partial charge in [-0.15, -0.1) is 0 Å². The van der Waals surface area contributed by atoms with Crippen molar-refractivity contribution in [3.05, 3.63) is 0 Å². The van der Waals surface area contributed by atoms with E-state index in [1.165, 1.54) is 0 Å². The Labute approximate surface area is 163 Å². The van der Waals surface area contributed by atoms with Gasteiger partial charge in [-0.25, -0.2) is 4.79 Å². The Bertz CT molecular complexity index is 535. The van der Waals surface area contributed by atoms with E-state index in [4.69, 9.17) is 14.0 Å². The summed E-state index contributed by atoms with van der Waals surface area (Å²) < 4.78 is 17.3. The zero-order valence-corrected chi connectivity index (χ0v) is 17.9. The smallest absolute Gasteiger partial charge is 0.444 e. The van der Waals surface area contributed by atoms with Gasteiger partial charge in [0, 0.05) is 25.6 Å². The van der Waals surface area contributed by atoms with Crippen molar-refractivity contribution in [2.24, 2.45) is 5.92 Å². The zero-order valence-electron chi connectivity index (χ0n) is 17.9. The molecule has 2 aliphatic heterocycles. The van der Waals surface area contributed by atoms with Crippen LogP contribution >= 0.6 is 0 Å². The zero-order chi connectivity index (χ0) is 20.5. The molecule has 0 radical (unpaired) electrons. The predicted octanol–water partition coefficient (Wildman–Crippen LogP) is 2.84. The number of carbonyl (C=O) groups excluding carboxylic acids is 2. The van der Waals surface area contributed by atoms with E-state index >= 15 is 0 Å². The first kappa shape index (κ1) is 22.0. The van der Waals surface area contributed by atoms with Gasteiger partial charge in [0.25, 0.3) is 0 Å². The highest BCUT2D eigenvalue weighted by Gasteiger charge is 2.50. The number of amides is 2. The van der Waals surface area contributed by atoms with E-state index in [1.807, 2.05) is 48.5 Å². The van der Waals surface area contributed by atoms with Gasteiger partial charge in [0.1, 0.15) is 5.60 Å². The fourth-order valence-electron chi connectivity index (χ4n) is 3.19. The van der Waals surface area contributed by atoms with Crippen molar-refractivity contribution in [3.8, 4) is 0 Å². The molecule has 2 rings (SSSR count). The largest absolute Gasteiger partial charge is 0.459 e. The second kappa shape index (κ2) is 7.99. The highest BCUT2D eigenvalue weighted by molar-refractivity contribution is 6.45. The van der Waals surface area contributed by atoms with Crippen LogP contribution < -0.4 is 5.32 Å². The van der Waals surface area contributed by atoms with E-state index in [0.717, 1.165) is 0 Å². The van der Waals surface area contributed by atoms with Crippen molar-refractivity contribution < 1.29 is 23.6 Å². The molecule has 154 valence electrons. The Morgan fingerprint density at radius 1 is 1.11 bits per heavy atom. The average Bonchev–Trinajstić information content (AvgIpc) is 2.73. The molecule has 8 heteroatoms. The molecule has 0 aromatic heterocycles. The fraction of sp³-hybridized carbons (Fsp3) is 0.895. The van der Waals surface area contributed by atoms with Gasteiger partial charge < -0.3 is 24.3 Å². The average molecular weight is 382 g/mol. The van der Waals surface area contributed by atoms with Crippen LogP contribution in [0.15, 0.2) is 0 Å². The maximum Gasteiger partial charge on any atom is 0.459 e. The van der Waals surface area contributed by atoms with Crippen molar-refractivity contribution in [1.82, 2.24) is 10.2 Å². The highest BCUT2D eigenvalue weighted by atomic mass is 16.7. The number of nitrogens with zero attached hydrogens (tertiary/aromatic N) is 1. The van der Waals surface area contributed by atoms with Crippen molar-refractivity contribution in [3.63, 3.8) is 0 Å². The van der Waals surface area contributed by atoms with Gasteiger partial charge in [0.15, 0.2) is 0 Å². The Hall–Kier alpha value is -1.28. The minimum absolute atomic E-state index is 0.0374. The van der Waals surface area contributed by atoms with Crippen molar-refractivity contribution in [2.75, 3.05) is 19.6 Å². The SMILES string of the molecule is CC(C)(C)OC(=O)N1CCC(C(=O)NCCB2OC(C)(C)C(C)(C)O2)CC1. The molecule has 0 atom stereocenters. The number of nitrogens with one attached hydrogen (secondary N) is 1. The molecule has 0 bridgehead atoms. The third kappa shape index (κ3) is 5.85. The maximum atomic E-state index is 12.4. The normalized spacial score (nSPS) is 22.6. The predicted molar refractivity (Wildman–Crippen MR) is 104 cm³/mol. The monoisotopic (exact) mass is 382 g/mol. The third-order valence-electron chi connectivity index (χ3n) is 5.50. The van der Waals surface area contributed by atoms with E-state index in [0.29, 0.717) is 38.8 Å². The summed E-state index contributed by atoms with van der Waals surface area (Å²) in [5, 5.41) is 2.98. The van der Waals surface area contributed by atoms with Gasteiger partial charge in [-0.3, -0.25) is 4.79 Å². The van der Waals surface area contributed by atoms with Crippen molar-refractivity contribution >= 4 is 19.1 Å².